The van der Waals surface area contributed by atoms with Gasteiger partial charge < -0.3 is 10.5 Å². The number of rotatable bonds is 5. The fourth-order valence-corrected chi connectivity index (χ4v) is 1.62. The van der Waals surface area contributed by atoms with Crippen LogP contribution in [0, 0.1) is 6.92 Å². The molecule has 0 aliphatic carbocycles. The molecule has 2 nitrogen and oxygen atoms in total. The molecule has 1 aromatic rings. The van der Waals surface area contributed by atoms with Gasteiger partial charge in [0.25, 0.3) is 0 Å². The molecule has 0 aromatic heterocycles. The van der Waals surface area contributed by atoms with Gasteiger partial charge in [0.05, 0.1) is 0 Å². The maximum atomic E-state index is 5.85. The van der Waals surface area contributed by atoms with E-state index in [1.165, 1.54) is 5.56 Å². The summed E-state index contributed by atoms with van der Waals surface area (Å²) in [5.41, 5.74) is 8.15. The molecule has 1 aromatic carbocycles. The molecule has 0 saturated heterocycles. The van der Waals surface area contributed by atoms with Crippen LogP contribution >= 0.6 is 0 Å². The van der Waals surface area contributed by atoms with Crippen LogP contribution in [0.3, 0.4) is 0 Å². The Balaban J connectivity index is 2.98. The van der Waals surface area contributed by atoms with Crippen LogP contribution in [-0.4, -0.2) is 12.1 Å². The molecule has 0 spiro atoms. The maximum Gasteiger partial charge on any atom is 0.126 e. The molecule has 0 fully saturated rings. The van der Waals surface area contributed by atoms with Crippen molar-refractivity contribution in [3.8, 4) is 5.75 Å². The number of para-hydroxylation sites is 1. The summed E-state index contributed by atoms with van der Waals surface area (Å²) in [6.07, 6.45) is 2.65. The second-order valence-electron chi connectivity index (χ2n) is 4.30. The van der Waals surface area contributed by atoms with Crippen molar-refractivity contribution < 1.29 is 4.74 Å². The minimum atomic E-state index is 0.0212. The van der Waals surface area contributed by atoms with E-state index in [-0.39, 0.29) is 12.1 Å². The van der Waals surface area contributed by atoms with Crippen LogP contribution in [0.2, 0.25) is 0 Å². The summed E-state index contributed by atoms with van der Waals surface area (Å²) in [7, 11) is 0. The van der Waals surface area contributed by atoms with Crippen molar-refractivity contribution in [2.24, 2.45) is 5.73 Å². The Bertz CT molecular complexity index is 358. The summed E-state index contributed by atoms with van der Waals surface area (Å²) in [5, 5.41) is 0. The summed E-state index contributed by atoms with van der Waals surface area (Å²) >= 11 is 0. The standard InChI is InChI=1S/C14H21NO/c1-5-12(4)16-14-10(2)7-6-8-13(14)9-11(3)15/h5-8,11-12H,1,9,15H2,2-4H3. The van der Waals surface area contributed by atoms with Gasteiger partial charge in [0.15, 0.2) is 0 Å². The number of nitrogens with two attached hydrogens (primary N) is 1. The molecule has 16 heavy (non-hydrogen) atoms. The van der Waals surface area contributed by atoms with E-state index in [1.807, 2.05) is 19.9 Å². The van der Waals surface area contributed by atoms with E-state index < -0.39 is 0 Å². The zero-order valence-corrected chi connectivity index (χ0v) is 10.4. The van der Waals surface area contributed by atoms with Crippen molar-refractivity contribution in [2.75, 3.05) is 0 Å². The van der Waals surface area contributed by atoms with Crippen molar-refractivity contribution in [3.63, 3.8) is 0 Å². The normalized spacial score (nSPS) is 14.2. The van der Waals surface area contributed by atoms with E-state index in [0.717, 1.165) is 17.7 Å². The highest BCUT2D eigenvalue weighted by Gasteiger charge is 2.10. The van der Waals surface area contributed by atoms with Crippen LogP contribution in [0.5, 0.6) is 5.75 Å². The number of hydrogen-bond acceptors (Lipinski definition) is 2. The van der Waals surface area contributed by atoms with Gasteiger partial charge in [-0.05, 0) is 38.3 Å². The summed E-state index contributed by atoms with van der Waals surface area (Å²) in [4.78, 5) is 0. The van der Waals surface area contributed by atoms with Gasteiger partial charge in [0.2, 0.25) is 0 Å². The molecular formula is C14H21NO. The van der Waals surface area contributed by atoms with Crippen molar-refractivity contribution in [3.05, 3.63) is 42.0 Å². The SMILES string of the molecule is C=CC(C)Oc1c(C)cccc1CC(C)N. The van der Waals surface area contributed by atoms with Gasteiger partial charge in [-0.1, -0.05) is 30.9 Å². The molecule has 2 atom stereocenters. The van der Waals surface area contributed by atoms with Crippen LogP contribution in [0.25, 0.3) is 0 Å². The predicted molar refractivity (Wildman–Crippen MR) is 68.8 cm³/mol. The average molecular weight is 219 g/mol. The van der Waals surface area contributed by atoms with E-state index in [2.05, 4.69) is 25.6 Å². The van der Waals surface area contributed by atoms with Crippen LogP contribution in [-0.2, 0) is 6.42 Å². The molecule has 0 aliphatic rings. The smallest absolute Gasteiger partial charge is 0.126 e. The molecular weight excluding hydrogens is 198 g/mol. The molecule has 0 heterocycles. The van der Waals surface area contributed by atoms with Gasteiger partial charge in [-0.25, -0.2) is 0 Å². The molecule has 1 rings (SSSR count). The van der Waals surface area contributed by atoms with Crippen molar-refractivity contribution in [2.45, 2.75) is 39.3 Å². The van der Waals surface area contributed by atoms with E-state index in [0.29, 0.717) is 0 Å². The summed E-state index contributed by atoms with van der Waals surface area (Å²) in [6, 6.07) is 6.30. The van der Waals surface area contributed by atoms with Gasteiger partial charge in [0, 0.05) is 6.04 Å². The topological polar surface area (TPSA) is 35.2 Å². The molecule has 2 unspecified atom stereocenters. The average Bonchev–Trinajstić information content (AvgIpc) is 2.22. The third-order valence-electron chi connectivity index (χ3n) is 2.47. The van der Waals surface area contributed by atoms with Gasteiger partial charge in [-0.15, -0.1) is 0 Å². The van der Waals surface area contributed by atoms with Gasteiger partial charge >= 0.3 is 0 Å². The van der Waals surface area contributed by atoms with Crippen molar-refractivity contribution in [1.29, 1.82) is 0 Å². The Hall–Kier alpha value is -1.28. The molecule has 88 valence electrons. The third-order valence-corrected chi connectivity index (χ3v) is 2.47. The first kappa shape index (κ1) is 12.8. The zero-order chi connectivity index (χ0) is 12.1. The maximum absolute atomic E-state index is 5.85. The van der Waals surface area contributed by atoms with Crippen molar-refractivity contribution in [1.82, 2.24) is 0 Å². The van der Waals surface area contributed by atoms with Crippen LogP contribution < -0.4 is 10.5 Å². The van der Waals surface area contributed by atoms with Crippen LogP contribution in [0.1, 0.15) is 25.0 Å². The Morgan fingerprint density at radius 1 is 1.44 bits per heavy atom. The quantitative estimate of drug-likeness (QED) is 0.773. The Labute approximate surface area is 98.1 Å². The molecule has 2 N–H and O–H groups in total. The summed E-state index contributed by atoms with van der Waals surface area (Å²) < 4.78 is 5.85. The molecule has 0 radical (unpaired) electrons. The Morgan fingerprint density at radius 2 is 2.12 bits per heavy atom. The molecule has 0 saturated carbocycles. The number of ether oxygens (including phenoxy) is 1. The Kier molecular flexibility index (Phi) is 4.56. The molecule has 2 heteroatoms. The first-order valence-electron chi connectivity index (χ1n) is 5.68. The lowest BCUT2D eigenvalue weighted by molar-refractivity contribution is 0.265. The van der Waals surface area contributed by atoms with Crippen molar-refractivity contribution >= 4 is 0 Å². The minimum absolute atomic E-state index is 0.0212. The summed E-state index contributed by atoms with van der Waals surface area (Å²) in [6.45, 7) is 9.76. The fourth-order valence-electron chi connectivity index (χ4n) is 1.62. The van der Waals surface area contributed by atoms with E-state index in [1.54, 1.807) is 6.08 Å². The Morgan fingerprint density at radius 3 is 2.69 bits per heavy atom. The fraction of sp³-hybridized carbons (Fsp3) is 0.429. The van der Waals surface area contributed by atoms with E-state index >= 15 is 0 Å². The van der Waals surface area contributed by atoms with Crippen LogP contribution in [0.15, 0.2) is 30.9 Å². The van der Waals surface area contributed by atoms with E-state index in [4.69, 9.17) is 10.5 Å². The highest BCUT2D eigenvalue weighted by Crippen LogP contribution is 2.25. The number of hydrogen-bond donors (Lipinski definition) is 1. The highest BCUT2D eigenvalue weighted by molar-refractivity contribution is 5.41. The second kappa shape index (κ2) is 5.71. The lowest BCUT2D eigenvalue weighted by Gasteiger charge is -2.18. The molecule has 0 aliphatic heterocycles. The van der Waals surface area contributed by atoms with E-state index in [9.17, 15) is 0 Å². The highest BCUT2D eigenvalue weighted by atomic mass is 16.5. The number of aryl methyl sites for hydroxylation is 1. The lowest BCUT2D eigenvalue weighted by atomic mass is 10.0. The lowest BCUT2D eigenvalue weighted by Crippen LogP contribution is -2.19. The van der Waals surface area contributed by atoms with Gasteiger partial charge in [-0.2, -0.15) is 0 Å². The third kappa shape index (κ3) is 3.38. The summed E-state index contributed by atoms with van der Waals surface area (Å²) in [5.74, 6) is 0.951. The predicted octanol–water partition coefficient (Wildman–Crippen LogP) is 2.84. The van der Waals surface area contributed by atoms with Crippen LogP contribution in [0.4, 0.5) is 0 Å². The molecule has 0 bridgehead atoms. The largest absolute Gasteiger partial charge is 0.486 e. The van der Waals surface area contributed by atoms with Gasteiger partial charge in [-0.3, -0.25) is 0 Å². The minimum Gasteiger partial charge on any atom is -0.486 e. The second-order valence-corrected chi connectivity index (χ2v) is 4.30. The van der Waals surface area contributed by atoms with Gasteiger partial charge in [0.1, 0.15) is 11.9 Å². The number of benzene rings is 1. The molecule has 0 amide bonds. The first-order chi connectivity index (χ1) is 7.54. The zero-order valence-electron chi connectivity index (χ0n) is 10.4. The monoisotopic (exact) mass is 219 g/mol. The first-order valence-corrected chi connectivity index (χ1v) is 5.68.